The first-order valence-electron chi connectivity index (χ1n) is 5.25. The van der Waals surface area contributed by atoms with Crippen LogP contribution in [-0.2, 0) is 0 Å². The van der Waals surface area contributed by atoms with Crippen LogP contribution in [0.25, 0.3) is 15.5 Å². The van der Waals surface area contributed by atoms with Crippen molar-refractivity contribution in [3.63, 3.8) is 0 Å². The average Bonchev–Trinajstić information content (AvgIpc) is 2.92. The van der Waals surface area contributed by atoms with Crippen molar-refractivity contribution >= 4 is 22.0 Å². The van der Waals surface area contributed by atoms with Crippen molar-refractivity contribution in [1.29, 1.82) is 0 Å². The number of rotatable bonds is 2. The standard InChI is InChI=1S/C11H11N5S/c1-7-13-14-11-16(7)15-10(17-11)8-4-3-5-9(6-8)12-2/h3-6,12H,1-2H3. The smallest absolute Gasteiger partial charge is 0.234 e. The van der Waals surface area contributed by atoms with E-state index in [2.05, 4.69) is 26.7 Å². The van der Waals surface area contributed by atoms with E-state index in [-0.39, 0.29) is 0 Å². The molecule has 1 aromatic carbocycles. The summed E-state index contributed by atoms with van der Waals surface area (Å²) in [5.41, 5.74) is 2.16. The minimum atomic E-state index is 0.812. The van der Waals surface area contributed by atoms with Gasteiger partial charge in [-0.25, -0.2) is 0 Å². The molecule has 0 unspecified atom stereocenters. The van der Waals surface area contributed by atoms with Gasteiger partial charge in [-0.1, -0.05) is 23.5 Å². The fourth-order valence-corrected chi connectivity index (χ4v) is 2.52. The van der Waals surface area contributed by atoms with Crippen LogP contribution in [-0.4, -0.2) is 26.9 Å². The molecule has 0 fully saturated rings. The molecule has 0 aliphatic carbocycles. The van der Waals surface area contributed by atoms with Crippen LogP contribution in [0, 0.1) is 6.92 Å². The minimum Gasteiger partial charge on any atom is -0.388 e. The van der Waals surface area contributed by atoms with E-state index in [0.717, 1.165) is 27.0 Å². The third kappa shape index (κ3) is 1.66. The van der Waals surface area contributed by atoms with E-state index in [1.54, 1.807) is 15.9 Å². The Morgan fingerprint density at radius 2 is 2.18 bits per heavy atom. The third-order valence-corrected chi connectivity index (χ3v) is 3.49. The summed E-state index contributed by atoms with van der Waals surface area (Å²) >= 11 is 1.54. The number of hydrogen-bond acceptors (Lipinski definition) is 5. The van der Waals surface area contributed by atoms with Crippen molar-refractivity contribution in [2.75, 3.05) is 12.4 Å². The monoisotopic (exact) mass is 245 g/mol. The Hall–Kier alpha value is -1.95. The number of aryl methyl sites for hydroxylation is 1. The van der Waals surface area contributed by atoms with Gasteiger partial charge in [0.05, 0.1) is 0 Å². The van der Waals surface area contributed by atoms with E-state index in [4.69, 9.17) is 0 Å². The highest BCUT2D eigenvalue weighted by atomic mass is 32.1. The molecule has 0 aliphatic rings. The highest BCUT2D eigenvalue weighted by Gasteiger charge is 2.10. The van der Waals surface area contributed by atoms with Gasteiger partial charge in [-0.15, -0.1) is 10.2 Å². The maximum absolute atomic E-state index is 4.50. The highest BCUT2D eigenvalue weighted by molar-refractivity contribution is 7.19. The lowest BCUT2D eigenvalue weighted by Crippen LogP contribution is -1.90. The molecule has 5 nitrogen and oxygen atoms in total. The zero-order chi connectivity index (χ0) is 11.8. The van der Waals surface area contributed by atoms with Gasteiger partial charge in [0.2, 0.25) is 4.96 Å². The molecule has 0 bridgehead atoms. The number of hydrogen-bond donors (Lipinski definition) is 1. The minimum absolute atomic E-state index is 0.812. The summed E-state index contributed by atoms with van der Waals surface area (Å²) in [6.45, 7) is 1.90. The van der Waals surface area contributed by atoms with E-state index in [9.17, 15) is 0 Å². The first-order valence-corrected chi connectivity index (χ1v) is 6.06. The van der Waals surface area contributed by atoms with Crippen molar-refractivity contribution in [2.24, 2.45) is 0 Å². The Labute approximate surface area is 102 Å². The molecule has 6 heteroatoms. The van der Waals surface area contributed by atoms with Gasteiger partial charge in [0, 0.05) is 18.3 Å². The number of aromatic nitrogens is 4. The number of nitrogens with zero attached hydrogens (tertiary/aromatic N) is 4. The van der Waals surface area contributed by atoms with Crippen LogP contribution in [0.3, 0.4) is 0 Å². The van der Waals surface area contributed by atoms with Gasteiger partial charge in [0.25, 0.3) is 0 Å². The highest BCUT2D eigenvalue weighted by Crippen LogP contribution is 2.27. The third-order valence-electron chi connectivity index (χ3n) is 2.54. The maximum Gasteiger partial charge on any atom is 0.234 e. The van der Waals surface area contributed by atoms with Gasteiger partial charge in [0.15, 0.2) is 5.82 Å². The molecule has 0 aliphatic heterocycles. The molecule has 86 valence electrons. The van der Waals surface area contributed by atoms with Gasteiger partial charge in [-0.05, 0) is 19.1 Å². The molecule has 1 N–H and O–H groups in total. The zero-order valence-electron chi connectivity index (χ0n) is 9.51. The normalized spacial score (nSPS) is 10.9. The van der Waals surface area contributed by atoms with E-state index >= 15 is 0 Å². The molecule has 0 saturated heterocycles. The summed E-state index contributed by atoms with van der Waals surface area (Å²) in [6.07, 6.45) is 0. The van der Waals surface area contributed by atoms with Crippen molar-refractivity contribution in [3.8, 4) is 10.6 Å². The summed E-state index contributed by atoms with van der Waals surface area (Å²) in [6, 6.07) is 8.15. The lowest BCUT2D eigenvalue weighted by molar-refractivity contribution is 0.898. The predicted octanol–water partition coefficient (Wildman–Crippen LogP) is 2.20. The fraction of sp³-hybridized carbons (Fsp3) is 0.182. The molecule has 17 heavy (non-hydrogen) atoms. The number of fused-ring (bicyclic) bond motifs is 1. The molecule has 0 amide bonds. The van der Waals surface area contributed by atoms with Crippen LogP contribution in [0.4, 0.5) is 5.69 Å². The predicted molar refractivity (Wildman–Crippen MR) is 68.4 cm³/mol. The first-order chi connectivity index (χ1) is 8.28. The lowest BCUT2D eigenvalue weighted by atomic mass is 10.2. The topological polar surface area (TPSA) is 55.1 Å². The Balaban J connectivity index is 2.13. The van der Waals surface area contributed by atoms with E-state index < -0.39 is 0 Å². The van der Waals surface area contributed by atoms with Crippen LogP contribution in [0.2, 0.25) is 0 Å². The number of anilines is 1. The first kappa shape index (κ1) is 10.2. The van der Waals surface area contributed by atoms with Gasteiger partial charge >= 0.3 is 0 Å². The average molecular weight is 245 g/mol. The summed E-state index contributed by atoms with van der Waals surface area (Å²) in [4.78, 5) is 0.826. The summed E-state index contributed by atoms with van der Waals surface area (Å²) < 4.78 is 1.77. The largest absolute Gasteiger partial charge is 0.388 e. The summed E-state index contributed by atoms with van der Waals surface area (Å²) in [5, 5.41) is 16.6. The SMILES string of the molecule is CNc1cccc(-c2nn3c(C)nnc3s2)c1. The molecule has 0 atom stereocenters. The molecular formula is C11H11N5S. The Morgan fingerprint density at radius 3 is 2.94 bits per heavy atom. The second kappa shape index (κ2) is 3.81. The second-order valence-electron chi connectivity index (χ2n) is 3.68. The summed E-state index contributed by atoms with van der Waals surface area (Å²) in [5.74, 6) is 0.812. The molecule has 0 saturated carbocycles. The van der Waals surface area contributed by atoms with Gasteiger partial charge in [0.1, 0.15) is 5.01 Å². The zero-order valence-corrected chi connectivity index (χ0v) is 10.3. The molecule has 3 rings (SSSR count). The van der Waals surface area contributed by atoms with Crippen molar-refractivity contribution < 1.29 is 0 Å². The molecule has 0 spiro atoms. The molecule has 3 aromatic rings. The van der Waals surface area contributed by atoms with Crippen LogP contribution >= 0.6 is 11.3 Å². The second-order valence-corrected chi connectivity index (χ2v) is 4.64. The van der Waals surface area contributed by atoms with Crippen LogP contribution in [0.1, 0.15) is 5.82 Å². The molecule has 2 heterocycles. The molecule has 2 aromatic heterocycles. The van der Waals surface area contributed by atoms with Crippen molar-refractivity contribution in [2.45, 2.75) is 6.92 Å². The number of benzene rings is 1. The quantitative estimate of drug-likeness (QED) is 0.752. The van der Waals surface area contributed by atoms with E-state index in [1.807, 2.05) is 32.2 Å². The number of nitrogens with one attached hydrogen (secondary N) is 1. The fourth-order valence-electron chi connectivity index (χ4n) is 1.64. The molecule has 0 radical (unpaired) electrons. The Bertz CT molecular complexity index is 669. The Kier molecular flexibility index (Phi) is 2.29. The van der Waals surface area contributed by atoms with Gasteiger partial charge in [-0.3, -0.25) is 0 Å². The maximum atomic E-state index is 4.50. The van der Waals surface area contributed by atoms with Crippen LogP contribution in [0.5, 0.6) is 0 Å². The van der Waals surface area contributed by atoms with Crippen molar-refractivity contribution in [1.82, 2.24) is 19.8 Å². The van der Waals surface area contributed by atoms with Crippen LogP contribution in [0.15, 0.2) is 24.3 Å². The van der Waals surface area contributed by atoms with E-state index in [0.29, 0.717) is 0 Å². The molecular weight excluding hydrogens is 234 g/mol. The van der Waals surface area contributed by atoms with Gasteiger partial charge < -0.3 is 5.32 Å². The van der Waals surface area contributed by atoms with Gasteiger partial charge in [-0.2, -0.15) is 9.61 Å². The van der Waals surface area contributed by atoms with Crippen LogP contribution < -0.4 is 5.32 Å². The lowest BCUT2D eigenvalue weighted by Gasteiger charge is -2.00. The summed E-state index contributed by atoms with van der Waals surface area (Å²) in [7, 11) is 1.90. The Morgan fingerprint density at radius 1 is 1.29 bits per heavy atom. The van der Waals surface area contributed by atoms with Crippen molar-refractivity contribution in [3.05, 3.63) is 30.1 Å². The van der Waals surface area contributed by atoms with E-state index in [1.165, 1.54) is 0 Å².